The van der Waals surface area contributed by atoms with Gasteiger partial charge in [0, 0.05) is 23.2 Å². The lowest BCUT2D eigenvalue weighted by atomic mass is 10.0. The Morgan fingerprint density at radius 2 is 1.95 bits per heavy atom. The molecule has 0 spiro atoms. The van der Waals surface area contributed by atoms with E-state index < -0.39 is 0 Å². The molecular formula is C19H26N2. The summed E-state index contributed by atoms with van der Waals surface area (Å²) in [7, 11) is 0. The topological polar surface area (TPSA) is 24.9 Å². The minimum atomic E-state index is 0.143. The van der Waals surface area contributed by atoms with Crippen molar-refractivity contribution in [3.8, 4) is 0 Å². The summed E-state index contributed by atoms with van der Waals surface area (Å²) < 4.78 is 0. The standard InChI is InChI=1S/C19H26N2/c1-6-15(13-20-19(3,4)5)12-16-11-14(2)21-18-10-8-7-9-17(16)18/h7-12,20H,6,13H2,1-5H3. The van der Waals surface area contributed by atoms with Gasteiger partial charge in [0.15, 0.2) is 0 Å². The zero-order valence-corrected chi connectivity index (χ0v) is 13.8. The van der Waals surface area contributed by atoms with Crippen LogP contribution in [0.4, 0.5) is 0 Å². The maximum Gasteiger partial charge on any atom is 0.0711 e. The van der Waals surface area contributed by atoms with Crippen molar-refractivity contribution in [2.24, 2.45) is 0 Å². The Kier molecular flexibility index (Phi) is 4.79. The van der Waals surface area contributed by atoms with E-state index in [1.807, 2.05) is 6.07 Å². The van der Waals surface area contributed by atoms with Crippen molar-refractivity contribution in [2.45, 2.75) is 46.6 Å². The molecule has 2 rings (SSSR count). The van der Waals surface area contributed by atoms with E-state index in [0.717, 1.165) is 24.2 Å². The third-order valence-corrected chi connectivity index (χ3v) is 3.54. The molecule has 2 heteroatoms. The molecule has 0 saturated heterocycles. The Labute approximate surface area is 128 Å². The quantitative estimate of drug-likeness (QED) is 0.877. The molecule has 0 aliphatic rings. The first-order valence-electron chi connectivity index (χ1n) is 7.70. The number of hydrogen-bond donors (Lipinski definition) is 1. The molecule has 2 aromatic rings. The number of nitrogens with zero attached hydrogens (tertiary/aromatic N) is 1. The number of benzene rings is 1. The van der Waals surface area contributed by atoms with Gasteiger partial charge in [-0.2, -0.15) is 0 Å². The Balaban J connectivity index is 2.38. The minimum absolute atomic E-state index is 0.143. The van der Waals surface area contributed by atoms with Gasteiger partial charge in [-0.3, -0.25) is 4.98 Å². The van der Waals surface area contributed by atoms with Crippen LogP contribution in [-0.2, 0) is 0 Å². The maximum absolute atomic E-state index is 4.61. The molecule has 0 amide bonds. The minimum Gasteiger partial charge on any atom is -0.308 e. The first-order valence-corrected chi connectivity index (χ1v) is 7.70. The summed E-state index contributed by atoms with van der Waals surface area (Å²) in [5.41, 5.74) is 4.97. The van der Waals surface area contributed by atoms with Gasteiger partial charge in [-0.15, -0.1) is 0 Å². The van der Waals surface area contributed by atoms with Crippen LogP contribution in [-0.4, -0.2) is 17.1 Å². The van der Waals surface area contributed by atoms with Crippen molar-refractivity contribution in [1.29, 1.82) is 0 Å². The number of rotatable bonds is 4. The van der Waals surface area contributed by atoms with E-state index in [9.17, 15) is 0 Å². The van der Waals surface area contributed by atoms with Gasteiger partial charge in [-0.1, -0.05) is 36.8 Å². The molecule has 0 aliphatic heterocycles. The van der Waals surface area contributed by atoms with Crippen LogP contribution in [0.1, 0.15) is 45.4 Å². The summed E-state index contributed by atoms with van der Waals surface area (Å²) >= 11 is 0. The van der Waals surface area contributed by atoms with E-state index >= 15 is 0 Å². The number of pyridine rings is 1. The number of nitrogens with one attached hydrogen (secondary N) is 1. The summed E-state index contributed by atoms with van der Waals surface area (Å²) in [4.78, 5) is 4.61. The average Bonchev–Trinajstić information content (AvgIpc) is 2.42. The fraction of sp³-hybridized carbons (Fsp3) is 0.421. The second kappa shape index (κ2) is 6.40. The molecule has 0 saturated carbocycles. The van der Waals surface area contributed by atoms with Crippen LogP contribution in [0.15, 0.2) is 35.9 Å². The fourth-order valence-corrected chi connectivity index (χ4v) is 2.34. The Bertz CT molecular complexity index is 648. The molecule has 0 aliphatic carbocycles. The van der Waals surface area contributed by atoms with Crippen molar-refractivity contribution >= 4 is 17.0 Å². The van der Waals surface area contributed by atoms with Gasteiger partial charge in [0.2, 0.25) is 0 Å². The Morgan fingerprint density at radius 3 is 2.62 bits per heavy atom. The molecule has 1 aromatic carbocycles. The van der Waals surface area contributed by atoms with Crippen molar-refractivity contribution < 1.29 is 0 Å². The molecule has 1 N–H and O–H groups in total. The van der Waals surface area contributed by atoms with Crippen molar-refractivity contribution in [3.05, 3.63) is 47.2 Å². The van der Waals surface area contributed by atoms with Gasteiger partial charge >= 0.3 is 0 Å². The third kappa shape index (κ3) is 4.40. The van der Waals surface area contributed by atoms with Crippen LogP contribution in [0.25, 0.3) is 17.0 Å². The van der Waals surface area contributed by atoms with Crippen molar-refractivity contribution in [2.75, 3.05) is 6.54 Å². The summed E-state index contributed by atoms with van der Waals surface area (Å²) in [6.07, 6.45) is 3.37. The average molecular weight is 282 g/mol. The van der Waals surface area contributed by atoms with Crippen LogP contribution >= 0.6 is 0 Å². The Hall–Kier alpha value is -1.67. The van der Waals surface area contributed by atoms with Gasteiger partial charge < -0.3 is 5.32 Å². The van der Waals surface area contributed by atoms with Crippen LogP contribution in [0, 0.1) is 6.92 Å². The molecule has 0 unspecified atom stereocenters. The van der Waals surface area contributed by atoms with Gasteiger partial charge in [0.05, 0.1) is 5.52 Å². The monoisotopic (exact) mass is 282 g/mol. The number of hydrogen-bond acceptors (Lipinski definition) is 2. The first-order chi connectivity index (χ1) is 9.89. The highest BCUT2D eigenvalue weighted by Gasteiger charge is 2.09. The van der Waals surface area contributed by atoms with Crippen LogP contribution in [0.5, 0.6) is 0 Å². The lowest BCUT2D eigenvalue weighted by Gasteiger charge is -2.21. The normalized spacial score (nSPS) is 12.9. The molecule has 0 fully saturated rings. The number of para-hydroxylation sites is 1. The van der Waals surface area contributed by atoms with E-state index in [1.54, 1.807) is 0 Å². The number of aryl methyl sites for hydroxylation is 1. The highest BCUT2D eigenvalue weighted by atomic mass is 14.9. The molecular weight excluding hydrogens is 256 g/mol. The third-order valence-electron chi connectivity index (χ3n) is 3.54. The van der Waals surface area contributed by atoms with Gasteiger partial charge in [-0.05, 0) is 51.8 Å². The van der Waals surface area contributed by atoms with Gasteiger partial charge in [0.25, 0.3) is 0 Å². The first kappa shape index (κ1) is 15.7. The van der Waals surface area contributed by atoms with Crippen LogP contribution < -0.4 is 5.32 Å². The molecule has 0 bridgehead atoms. The fourth-order valence-electron chi connectivity index (χ4n) is 2.34. The number of fused-ring (bicyclic) bond motifs is 1. The molecule has 0 radical (unpaired) electrons. The smallest absolute Gasteiger partial charge is 0.0711 e. The lowest BCUT2D eigenvalue weighted by Crippen LogP contribution is -2.36. The predicted octanol–water partition coefficient (Wildman–Crippen LogP) is 4.72. The van der Waals surface area contributed by atoms with Crippen LogP contribution in [0.3, 0.4) is 0 Å². The number of aromatic nitrogens is 1. The van der Waals surface area contributed by atoms with Crippen molar-refractivity contribution in [1.82, 2.24) is 10.3 Å². The largest absolute Gasteiger partial charge is 0.308 e. The summed E-state index contributed by atoms with van der Waals surface area (Å²) in [6, 6.07) is 10.5. The van der Waals surface area contributed by atoms with Crippen molar-refractivity contribution in [3.63, 3.8) is 0 Å². The van der Waals surface area contributed by atoms with E-state index in [0.29, 0.717) is 0 Å². The molecule has 0 atom stereocenters. The zero-order valence-electron chi connectivity index (χ0n) is 13.8. The summed E-state index contributed by atoms with van der Waals surface area (Å²) in [6.45, 7) is 11.8. The molecule has 2 nitrogen and oxygen atoms in total. The second-order valence-corrected chi connectivity index (χ2v) is 6.63. The predicted molar refractivity (Wildman–Crippen MR) is 92.5 cm³/mol. The molecule has 1 heterocycles. The molecule has 112 valence electrons. The molecule has 21 heavy (non-hydrogen) atoms. The molecule has 1 aromatic heterocycles. The maximum atomic E-state index is 4.61. The van der Waals surface area contributed by atoms with E-state index in [1.165, 1.54) is 16.5 Å². The second-order valence-electron chi connectivity index (χ2n) is 6.63. The van der Waals surface area contributed by atoms with Gasteiger partial charge in [0.1, 0.15) is 0 Å². The SMILES string of the molecule is CCC(=Cc1cc(C)nc2ccccc12)CNC(C)(C)C. The van der Waals surface area contributed by atoms with Crippen LogP contribution in [0.2, 0.25) is 0 Å². The zero-order chi connectivity index (χ0) is 15.5. The van der Waals surface area contributed by atoms with E-state index in [2.05, 4.69) is 75.3 Å². The summed E-state index contributed by atoms with van der Waals surface area (Å²) in [5, 5.41) is 4.80. The summed E-state index contributed by atoms with van der Waals surface area (Å²) in [5.74, 6) is 0. The lowest BCUT2D eigenvalue weighted by molar-refractivity contribution is 0.443. The van der Waals surface area contributed by atoms with Gasteiger partial charge in [-0.25, -0.2) is 0 Å². The van der Waals surface area contributed by atoms with E-state index in [-0.39, 0.29) is 5.54 Å². The highest BCUT2D eigenvalue weighted by Crippen LogP contribution is 2.21. The highest BCUT2D eigenvalue weighted by molar-refractivity contribution is 5.88. The Morgan fingerprint density at radius 1 is 1.24 bits per heavy atom. The van der Waals surface area contributed by atoms with E-state index in [4.69, 9.17) is 0 Å².